The zero-order valence-corrected chi connectivity index (χ0v) is 8.81. The summed E-state index contributed by atoms with van der Waals surface area (Å²) >= 11 is 5.41. The van der Waals surface area contributed by atoms with Gasteiger partial charge in [0.1, 0.15) is 0 Å². The fraction of sp³-hybridized carbons (Fsp3) is 0.417. The van der Waals surface area contributed by atoms with E-state index in [2.05, 4.69) is 29.6 Å². The van der Waals surface area contributed by atoms with E-state index in [1.54, 1.807) is 5.57 Å². The van der Waals surface area contributed by atoms with Crippen molar-refractivity contribution in [2.75, 3.05) is 0 Å². The minimum absolute atomic E-state index is 0.358. The Balaban J connectivity index is 2.11. The number of fused-ring (bicyclic) bond motifs is 2. The third kappa shape index (κ3) is 1.10. The Kier molecular flexibility index (Phi) is 1.84. The second kappa shape index (κ2) is 3.06. The van der Waals surface area contributed by atoms with Gasteiger partial charge in [-0.05, 0) is 24.8 Å². The molecule has 14 heavy (non-hydrogen) atoms. The van der Waals surface area contributed by atoms with Gasteiger partial charge in [-0.2, -0.15) is 0 Å². The highest BCUT2D eigenvalue weighted by atomic mass is 32.1. The van der Waals surface area contributed by atoms with E-state index in [9.17, 15) is 0 Å². The first-order chi connectivity index (χ1) is 6.86. The molecule has 0 amide bonds. The maximum atomic E-state index is 5.41. The molecular formula is C12H13NS. The van der Waals surface area contributed by atoms with Gasteiger partial charge in [-0.1, -0.05) is 42.1 Å². The summed E-state index contributed by atoms with van der Waals surface area (Å²) in [6.45, 7) is 0. The van der Waals surface area contributed by atoms with Crippen LogP contribution in [0.1, 0.15) is 19.3 Å². The monoisotopic (exact) mass is 203 g/mol. The van der Waals surface area contributed by atoms with E-state index in [0.29, 0.717) is 12.0 Å². The summed E-state index contributed by atoms with van der Waals surface area (Å²) in [5, 5.41) is 3.43. The molecule has 0 radical (unpaired) electrons. The van der Waals surface area contributed by atoms with Crippen LogP contribution in [0, 0.1) is 5.92 Å². The van der Waals surface area contributed by atoms with Crippen LogP contribution in [0.15, 0.2) is 35.5 Å². The number of nitrogens with one attached hydrogen (secondary N) is 1. The molecular weight excluding hydrogens is 190 g/mol. The molecule has 2 aliphatic carbocycles. The van der Waals surface area contributed by atoms with Gasteiger partial charge >= 0.3 is 0 Å². The van der Waals surface area contributed by atoms with Crippen molar-refractivity contribution in [2.24, 2.45) is 5.92 Å². The molecule has 0 bridgehead atoms. The highest BCUT2D eigenvalue weighted by Gasteiger charge is 2.34. The van der Waals surface area contributed by atoms with Crippen LogP contribution < -0.4 is 5.32 Å². The largest absolute Gasteiger partial charge is 0.369 e. The molecule has 0 spiro atoms. The molecule has 1 fully saturated rings. The Labute approximate surface area is 89.6 Å². The summed E-state index contributed by atoms with van der Waals surface area (Å²) in [6.07, 6.45) is 12.5. The van der Waals surface area contributed by atoms with Crippen molar-refractivity contribution in [3.8, 4) is 0 Å². The maximum Gasteiger partial charge on any atom is 0.0833 e. The number of rotatable bonds is 0. The molecule has 1 heterocycles. The standard InChI is InChI=1S/C12H13NS/c14-12-10-6-3-5-8(10)9-4-1-2-7-11(9)13-12/h1-2,4,7,10-11H,3,5-6H2,(H,13,14). The van der Waals surface area contributed by atoms with E-state index >= 15 is 0 Å². The van der Waals surface area contributed by atoms with Gasteiger partial charge in [-0.3, -0.25) is 0 Å². The van der Waals surface area contributed by atoms with Crippen molar-refractivity contribution in [1.29, 1.82) is 0 Å². The van der Waals surface area contributed by atoms with Gasteiger partial charge in [0.25, 0.3) is 0 Å². The highest BCUT2D eigenvalue weighted by molar-refractivity contribution is 7.80. The van der Waals surface area contributed by atoms with Crippen molar-refractivity contribution in [1.82, 2.24) is 5.32 Å². The first-order valence-electron chi connectivity index (χ1n) is 5.24. The van der Waals surface area contributed by atoms with Crippen molar-refractivity contribution < 1.29 is 0 Å². The van der Waals surface area contributed by atoms with Crippen LogP contribution in [0.4, 0.5) is 0 Å². The number of allylic oxidation sites excluding steroid dienone is 2. The van der Waals surface area contributed by atoms with E-state index in [1.807, 2.05) is 0 Å². The summed E-state index contributed by atoms with van der Waals surface area (Å²) in [7, 11) is 0. The summed E-state index contributed by atoms with van der Waals surface area (Å²) in [4.78, 5) is 1.06. The van der Waals surface area contributed by atoms with Crippen LogP contribution in [0.5, 0.6) is 0 Å². The van der Waals surface area contributed by atoms with Crippen molar-refractivity contribution in [2.45, 2.75) is 25.3 Å². The summed E-state index contributed by atoms with van der Waals surface area (Å²) in [6, 6.07) is 0.358. The molecule has 0 aromatic carbocycles. The highest BCUT2D eigenvalue weighted by Crippen LogP contribution is 2.39. The SMILES string of the molecule is S=C1NC2C=CC=CC2=C2CCCC12. The van der Waals surface area contributed by atoms with E-state index in [0.717, 1.165) is 4.99 Å². The third-order valence-electron chi connectivity index (χ3n) is 3.37. The average Bonchev–Trinajstić information content (AvgIpc) is 2.67. The summed E-state index contributed by atoms with van der Waals surface area (Å²) in [5.41, 5.74) is 3.07. The molecule has 0 saturated heterocycles. The lowest BCUT2D eigenvalue weighted by atomic mass is 9.86. The molecule has 1 nitrogen and oxygen atoms in total. The van der Waals surface area contributed by atoms with Gasteiger partial charge in [0.05, 0.1) is 11.0 Å². The Hall–Kier alpha value is -0.890. The van der Waals surface area contributed by atoms with E-state index in [1.165, 1.54) is 24.8 Å². The van der Waals surface area contributed by atoms with Crippen molar-refractivity contribution in [3.05, 3.63) is 35.5 Å². The quantitative estimate of drug-likeness (QED) is 0.607. The van der Waals surface area contributed by atoms with E-state index in [4.69, 9.17) is 12.2 Å². The second-order valence-corrected chi connectivity index (χ2v) is 4.60. The smallest absolute Gasteiger partial charge is 0.0833 e. The molecule has 72 valence electrons. The summed E-state index contributed by atoms with van der Waals surface area (Å²) < 4.78 is 0. The first-order valence-corrected chi connectivity index (χ1v) is 5.65. The zero-order valence-electron chi connectivity index (χ0n) is 7.99. The van der Waals surface area contributed by atoms with Crippen LogP contribution in [0.25, 0.3) is 0 Å². The lowest BCUT2D eigenvalue weighted by Crippen LogP contribution is -2.42. The molecule has 2 unspecified atom stereocenters. The van der Waals surface area contributed by atoms with Gasteiger partial charge in [0.2, 0.25) is 0 Å². The van der Waals surface area contributed by atoms with Crippen LogP contribution >= 0.6 is 12.2 Å². The number of hydrogen-bond donors (Lipinski definition) is 1. The Morgan fingerprint density at radius 2 is 2.29 bits per heavy atom. The number of hydrogen-bond acceptors (Lipinski definition) is 1. The Morgan fingerprint density at radius 1 is 1.36 bits per heavy atom. The van der Waals surface area contributed by atoms with Crippen molar-refractivity contribution >= 4 is 17.2 Å². The molecule has 3 aliphatic rings. The zero-order chi connectivity index (χ0) is 9.54. The molecule has 0 aromatic rings. The van der Waals surface area contributed by atoms with Gasteiger partial charge in [0.15, 0.2) is 0 Å². The van der Waals surface area contributed by atoms with Crippen LogP contribution in [-0.2, 0) is 0 Å². The molecule has 0 aromatic heterocycles. The molecule has 1 N–H and O–H groups in total. The fourth-order valence-electron chi connectivity index (χ4n) is 2.71. The molecule has 1 saturated carbocycles. The van der Waals surface area contributed by atoms with E-state index < -0.39 is 0 Å². The second-order valence-electron chi connectivity index (χ2n) is 4.16. The Bertz CT molecular complexity index is 376. The van der Waals surface area contributed by atoms with Crippen LogP contribution in [0.2, 0.25) is 0 Å². The lowest BCUT2D eigenvalue weighted by molar-refractivity contribution is 0.708. The molecule has 3 rings (SSSR count). The molecule has 1 aliphatic heterocycles. The van der Waals surface area contributed by atoms with Gasteiger partial charge in [-0.15, -0.1) is 0 Å². The van der Waals surface area contributed by atoms with Crippen LogP contribution in [0.3, 0.4) is 0 Å². The maximum absolute atomic E-state index is 5.41. The number of thiocarbonyl (C=S) groups is 1. The Morgan fingerprint density at radius 3 is 3.21 bits per heavy atom. The summed E-state index contributed by atoms with van der Waals surface area (Å²) in [5.74, 6) is 0.549. The predicted molar refractivity (Wildman–Crippen MR) is 62.2 cm³/mol. The van der Waals surface area contributed by atoms with Gasteiger partial charge in [-0.25, -0.2) is 0 Å². The predicted octanol–water partition coefficient (Wildman–Crippen LogP) is 2.51. The van der Waals surface area contributed by atoms with Gasteiger partial charge in [0, 0.05) is 5.92 Å². The third-order valence-corrected chi connectivity index (χ3v) is 3.77. The average molecular weight is 203 g/mol. The van der Waals surface area contributed by atoms with E-state index in [-0.39, 0.29) is 0 Å². The topological polar surface area (TPSA) is 12.0 Å². The van der Waals surface area contributed by atoms with Crippen LogP contribution in [-0.4, -0.2) is 11.0 Å². The fourth-order valence-corrected chi connectivity index (χ4v) is 3.10. The molecule has 2 atom stereocenters. The minimum Gasteiger partial charge on any atom is -0.369 e. The lowest BCUT2D eigenvalue weighted by Gasteiger charge is -2.31. The van der Waals surface area contributed by atoms with Gasteiger partial charge < -0.3 is 5.32 Å². The van der Waals surface area contributed by atoms with Crippen molar-refractivity contribution in [3.63, 3.8) is 0 Å². The normalized spacial score (nSPS) is 34.1. The first kappa shape index (κ1) is 8.42. The minimum atomic E-state index is 0.358. The molecule has 2 heteroatoms.